The number of halogens is 1. The van der Waals surface area contributed by atoms with E-state index in [9.17, 15) is 9.63 Å². The minimum Gasteiger partial charge on any atom is -0.508 e. The lowest BCUT2D eigenvalue weighted by Gasteiger charge is -2.30. The number of aryl methyl sites for hydroxylation is 1. The Morgan fingerprint density at radius 2 is 1.26 bits per heavy atom. The lowest BCUT2D eigenvalue weighted by molar-refractivity contribution is -0.0160. The third-order valence-electron chi connectivity index (χ3n) is 5.13. The Balaban J connectivity index is 2.50. The molecule has 1 N–H and O–H groups in total. The molecule has 0 saturated carbocycles. The number of rotatable bonds is 5. The van der Waals surface area contributed by atoms with E-state index >= 15 is 0 Å². The maximum Gasteiger partial charge on any atom is 0.497 e. The van der Waals surface area contributed by atoms with Gasteiger partial charge in [-0.25, -0.2) is 0 Å². The van der Waals surface area contributed by atoms with Crippen LogP contribution in [-0.4, -0.2) is 5.11 Å². The molecule has 0 aliphatic carbocycles. The molecule has 1 atom stereocenters. The van der Waals surface area contributed by atoms with Gasteiger partial charge in [-0.15, -0.1) is 0 Å². The second-order valence-corrected chi connectivity index (χ2v) is 12.0. The van der Waals surface area contributed by atoms with Crippen LogP contribution in [0.3, 0.4) is 0 Å². The Morgan fingerprint density at radius 1 is 0.774 bits per heavy atom. The highest BCUT2D eigenvalue weighted by Gasteiger charge is 2.31. The summed E-state index contributed by atoms with van der Waals surface area (Å²) in [5, 5.41) is 10.3. The fraction of sp³-hybridized carbons (Fsp3) is 0.520. The minimum absolute atomic E-state index is 0.178. The van der Waals surface area contributed by atoms with Crippen LogP contribution < -0.4 is 9.05 Å². The Labute approximate surface area is 187 Å². The van der Waals surface area contributed by atoms with Gasteiger partial charge >= 0.3 is 8.60 Å². The third-order valence-corrected chi connectivity index (χ3v) is 5.92. The third kappa shape index (κ3) is 6.11. The van der Waals surface area contributed by atoms with E-state index in [1.54, 1.807) is 19.1 Å². The predicted molar refractivity (Wildman–Crippen MR) is 126 cm³/mol. The van der Waals surface area contributed by atoms with Gasteiger partial charge in [-0.1, -0.05) is 85.2 Å². The van der Waals surface area contributed by atoms with Crippen LogP contribution in [0.25, 0.3) is 0 Å². The first kappa shape index (κ1) is 25.4. The van der Waals surface area contributed by atoms with Crippen molar-refractivity contribution in [1.82, 2.24) is 0 Å². The van der Waals surface area contributed by atoms with Gasteiger partial charge in [0, 0.05) is 16.7 Å². The Bertz CT molecular complexity index is 889. The molecule has 0 saturated heterocycles. The van der Waals surface area contributed by atoms with Gasteiger partial charge in [-0.2, -0.15) is 0 Å². The monoisotopic (exact) mass is 450 g/mol. The van der Waals surface area contributed by atoms with Gasteiger partial charge in [0.2, 0.25) is 0 Å². The first-order valence-electron chi connectivity index (χ1n) is 10.5. The van der Waals surface area contributed by atoms with Gasteiger partial charge in [0.1, 0.15) is 17.2 Å². The zero-order valence-electron chi connectivity index (χ0n) is 20.4. The fourth-order valence-electron chi connectivity index (χ4n) is 3.39. The lowest BCUT2D eigenvalue weighted by atomic mass is 9.80. The summed E-state index contributed by atoms with van der Waals surface area (Å²) in [5.74, 6) is 1.17. The molecule has 6 heteroatoms. The zero-order chi connectivity index (χ0) is 23.8. The normalized spacial score (nSPS) is 13.8. The van der Waals surface area contributed by atoms with Crippen LogP contribution in [0.15, 0.2) is 30.3 Å². The molecule has 172 valence electrons. The van der Waals surface area contributed by atoms with Crippen LogP contribution in [-0.2, 0) is 21.0 Å². The van der Waals surface area contributed by atoms with Crippen LogP contribution >= 0.6 is 8.60 Å². The van der Waals surface area contributed by atoms with E-state index in [1.807, 2.05) is 39.0 Å². The van der Waals surface area contributed by atoms with E-state index in [2.05, 4.69) is 46.3 Å². The highest BCUT2D eigenvalue weighted by molar-refractivity contribution is 7.42. The van der Waals surface area contributed by atoms with Gasteiger partial charge in [0.05, 0.1) is 0 Å². The van der Waals surface area contributed by atoms with Gasteiger partial charge in [-0.3, -0.25) is 0 Å². The second-order valence-electron chi connectivity index (χ2n) is 11.0. The van der Waals surface area contributed by atoms with Crippen LogP contribution in [0.2, 0.25) is 0 Å². The van der Waals surface area contributed by atoms with E-state index in [4.69, 9.17) is 9.05 Å². The van der Waals surface area contributed by atoms with E-state index in [0.717, 1.165) is 11.1 Å². The van der Waals surface area contributed by atoms with Crippen LogP contribution in [0, 0.1) is 6.92 Å². The average Bonchev–Trinajstić information content (AvgIpc) is 2.60. The summed E-state index contributed by atoms with van der Waals surface area (Å²) in [6.45, 7) is 20.3. The molecule has 4 nitrogen and oxygen atoms in total. The van der Waals surface area contributed by atoms with E-state index in [1.165, 1.54) is 0 Å². The SMILES string of the molecule is Cc1cc(O)c(C(C)(C)C)cc1OP(OF)Oc1c(C(C)(C)C)cccc1C(C)(C)C. The maximum absolute atomic E-state index is 13.7. The number of hydrogen-bond acceptors (Lipinski definition) is 4. The number of phenols is 1. The number of benzene rings is 2. The summed E-state index contributed by atoms with van der Waals surface area (Å²) in [7, 11) is -2.36. The van der Waals surface area contributed by atoms with Crippen molar-refractivity contribution in [2.24, 2.45) is 0 Å². The molecule has 0 spiro atoms. The molecule has 0 bridgehead atoms. The van der Waals surface area contributed by atoms with Crippen molar-refractivity contribution in [3.63, 3.8) is 0 Å². The zero-order valence-corrected chi connectivity index (χ0v) is 21.3. The molecule has 0 fully saturated rings. The first-order chi connectivity index (χ1) is 14.1. The Hall–Kier alpha value is -1.84. The van der Waals surface area contributed by atoms with Crippen molar-refractivity contribution < 1.29 is 23.4 Å². The first-order valence-corrected chi connectivity index (χ1v) is 11.6. The average molecular weight is 451 g/mol. The quantitative estimate of drug-likeness (QED) is 0.467. The highest BCUT2D eigenvalue weighted by Crippen LogP contribution is 2.49. The molecule has 0 aromatic heterocycles. The van der Waals surface area contributed by atoms with Crippen molar-refractivity contribution in [3.8, 4) is 17.2 Å². The largest absolute Gasteiger partial charge is 0.508 e. The number of para-hydroxylation sites is 1. The summed E-state index contributed by atoms with van der Waals surface area (Å²) >= 11 is 0. The predicted octanol–water partition coefficient (Wildman–Crippen LogP) is 8.18. The summed E-state index contributed by atoms with van der Waals surface area (Å²) in [6.07, 6.45) is 0. The molecular formula is C25H36FO4P. The van der Waals surface area contributed by atoms with Crippen molar-refractivity contribution >= 4 is 8.60 Å². The van der Waals surface area contributed by atoms with Gasteiger partial charge in [0.15, 0.2) is 0 Å². The molecule has 2 aromatic carbocycles. The van der Waals surface area contributed by atoms with Crippen LogP contribution in [0.4, 0.5) is 4.53 Å². The number of hydrogen-bond donors (Lipinski definition) is 1. The standard InChI is InChI=1S/C25H36FO4P/c1-16-14-20(27)19(25(8,9)10)15-21(16)28-31(30-26)29-22-17(23(2,3)4)12-11-13-18(22)24(5,6)7/h11-15,27H,1-10H3. The molecule has 31 heavy (non-hydrogen) atoms. The topological polar surface area (TPSA) is 47.9 Å². The minimum atomic E-state index is -2.36. The van der Waals surface area contributed by atoms with Crippen molar-refractivity contribution in [3.05, 3.63) is 52.6 Å². The van der Waals surface area contributed by atoms with Crippen LogP contribution in [0.5, 0.6) is 17.2 Å². The van der Waals surface area contributed by atoms with Crippen molar-refractivity contribution in [2.75, 3.05) is 0 Å². The van der Waals surface area contributed by atoms with Gasteiger partial charge in [-0.05, 0) is 45.4 Å². The van der Waals surface area contributed by atoms with Gasteiger partial charge in [0.25, 0.3) is 0 Å². The Morgan fingerprint density at radius 3 is 1.68 bits per heavy atom. The molecule has 0 aliphatic heterocycles. The molecular weight excluding hydrogens is 414 g/mol. The fourth-order valence-corrected chi connectivity index (χ4v) is 4.19. The molecule has 0 heterocycles. The van der Waals surface area contributed by atoms with E-state index < -0.39 is 8.60 Å². The lowest BCUT2D eigenvalue weighted by Crippen LogP contribution is -2.19. The summed E-state index contributed by atoms with van der Waals surface area (Å²) in [6, 6.07) is 9.31. The molecule has 0 aliphatic rings. The van der Waals surface area contributed by atoms with E-state index in [-0.39, 0.29) is 22.0 Å². The number of phenolic OH excluding ortho intramolecular Hbond substituents is 1. The maximum atomic E-state index is 13.7. The molecule has 0 radical (unpaired) electrons. The highest BCUT2D eigenvalue weighted by atomic mass is 31.2. The smallest absolute Gasteiger partial charge is 0.497 e. The molecule has 2 rings (SSSR count). The summed E-state index contributed by atoms with van der Waals surface area (Å²) < 4.78 is 29.8. The summed E-state index contributed by atoms with van der Waals surface area (Å²) in [4.78, 5) is 0. The number of aromatic hydroxyl groups is 1. The van der Waals surface area contributed by atoms with Crippen molar-refractivity contribution in [1.29, 1.82) is 0 Å². The second kappa shape index (κ2) is 8.96. The Kier molecular flexibility index (Phi) is 7.34. The van der Waals surface area contributed by atoms with Crippen molar-refractivity contribution in [2.45, 2.75) is 85.5 Å². The van der Waals surface area contributed by atoms with E-state index in [0.29, 0.717) is 22.6 Å². The molecule has 2 aromatic rings. The molecule has 1 unspecified atom stereocenters. The van der Waals surface area contributed by atoms with Gasteiger partial charge < -0.3 is 14.2 Å². The summed E-state index contributed by atoms with van der Waals surface area (Å²) in [5.41, 5.74) is 2.51. The molecule has 0 amide bonds. The van der Waals surface area contributed by atoms with Crippen LogP contribution in [0.1, 0.15) is 84.6 Å².